The topological polar surface area (TPSA) is 12.0 Å². The van der Waals surface area contributed by atoms with Gasteiger partial charge in [0.15, 0.2) is 0 Å². The average molecular weight is 277 g/mol. The van der Waals surface area contributed by atoms with E-state index < -0.39 is 0 Å². The predicted octanol–water partition coefficient (Wildman–Crippen LogP) is 4.71. The Morgan fingerprint density at radius 2 is 1.90 bits per heavy atom. The number of nitrogens with one attached hydrogen (secondary N) is 1. The normalized spacial score (nSPS) is 23.3. The molecule has 2 atom stereocenters. The van der Waals surface area contributed by atoms with E-state index in [2.05, 4.69) is 39.1 Å². The van der Waals surface area contributed by atoms with Gasteiger partial charge in [-0.3, -0.25) is 0 Å². The van der Waals surface area contributed by atoms with Crippen LogP contribution in [0.1, 0.15) is 62.6 Å². The van der Waals surface area contributed by atoms with Crippen LogP contribution in [0.2, 0.25) is 0 Å². The SMILES string of the molecule is Cc1cc(C)c(C2CCCC2CNC(C)(C)C)c(F)c1. The fraction of sp³-hybridized carbons (Fsp3) is 0.667. The molecular formula is C18H28FN. The van der Waals surface area contributed by atoms with E-state index in [0.717, 1.165) is 29.7 Å². The molecule has 20 heavy (non-hydrogen) atoms. The first-order chi connectivity index (χ1) is 9.28. The lowest BCUT2D eigenvalue weighted by molar-refractivity contribution is 0.353. The molecule has 1 aliphatic carbocycles. The van der Waals surface area contributed by atoms with E-state index in [0.29, 0.717) is 11.8 Å². The first-order valence-electron chi connectivity index (χ1n) is 7.79. The van der Waals surface area contributed by atoms with Crippen molar-refractivity contribution in [2.24, 2.45) is 5.92 Å². The summed E-state index contributed by atoms with van der Waals surface area (Å²) in [5.74, 6) is 0.936. The quantitative estimate of drug-likeness (QED) is 0.843. The summed E-state index contributed by atoms with van der Waals surface area (Å²) in [5, 5.41) is 3.59. The van der Waals surface area contributed by atoms with E-state index in [4.69, 9.17) is 0 Å². The molecule has 1 aromatic rings. The second-order valence-electron chi connectivity index (χ2n) is 7.41. The van der Waals surface area contributed by atoms with Crippen LogP contribution in [0.15, 0.2) is 12.1 Å². The highest BCUT2D eigenvalue weighted by Gasteiger charge is 2.32. The van der Waals surface area contributed by atoms with Gasteiger partial charge in [0, 0.05) is 5.54 Å². The first kappa shape index (κ1) is 15.5. The van der Waals surface area contributed by atoms with Gasteiger partial charge in [0.1, 0.15) is 5.82 Å². The molecule has 0 spiro atoms. The summed E-state index contributed by atoms with van der Waals surface area (Å²) in [4.78, 5) is 0. The Bertz CT molecular complexity index is 450. The number of hydrogen-bond donors (Lipinski definition) is 1. The van der Waals surface area contributed by atoms with Crippen LogP contribution in [0, 0.1) is 25.6 Å². The minimum Gasteiger partial charge on any atom is -0.312 e. The molecular weight excluding hydrogens is 249 g/mol. The van der Waals surface area contributed by atoms with Crippen LogP contribution in [0.5, 0.6) is 0 Å². The fourth-order valence-corrected chi connectivity index (χ4v) is 3.49. The molecule has 0 aliphatic heterocycles. The van der Waals surface area contributed by atoms with Gasteiger partial charge in [-0.2, -0.15) is 0 Å². The summed E-state index contributed by atoms with van der Waals surface area (Å²) in [7, 11) is 0. The molecule has 1 aromatic carbocycles. The number of rotatable bonds is 3. The second kappa shape index (κ2) is 5.85. The van der Waals surface area contributed by atoms with Crippen LogP contribution < -0.4 is 5.32 Å². The highest BCUT2D eigenvalue weighted by atomic mass is 19.1. The zero-order chi connectivity index (χ0) is 14.9. The Labute approximate surface area is 123 Å². The molecule has 0 saturated heterocycles. The lowest BCUT2D eigenvalue weighted by Gasteiger charge is -2.27. The zero-order valence-electron chi connectivity index (χ0n) is 13.5. The summed E-state index contributed by atoms with van der Waals surface area (Å²) < 4.78 is 14.4. The van der Waals surface area contributed by atoms with Crippen molar-refractivity contribution in [2.75, 3.05) is 6.54 Å². The molecule has 2 rings (SSSR count). The third-order valence-electron chi connectivity index (χ3n) is 4.41. The number of aryl methyl sites for hydroxylation is 2. The number of benzene rings is 1. The van der Waals surface area contributed by atoms with Gasteiger partial charge >= 0.3 is 0 Å². The van der Waals surface area contributed by atoms with E-state index in [1.807, 2.05) is 6.92 Å². The van der Waals surface area contributed by atoms with E-state index in [1.54, 1.807) is 6.07 Å². The highest BCUT2D eigenvalue weighted by molar-refractivity contribution is 5.35. The molecule has 0 aromatic heterocycles. The van der Waals surface area contributed by atoms with Crippen LogP contribution in [-0.4, -0.2) is 12.1 Å². The van der Waals surface area contributed by atoms with Gasteiger partial charge in [-0.05, 0) is 88.6 Å². The minimum atomic E-state index is -0.00448. The lowest BCUT2D eigenvalue weighted by Crippen LogP contribution is -2.39. The maximum atomic E-state index is 14.4. The van der Waals surface area contributed by atoms with Gasteiger partial charge in [0.2, 0.25) is 0 Å². The van der Waals surface area contributed by atoms with Crippen LogP contribution in [0.4, 0.5) is 4.39 Å². The predicted molar refractivity (Wildman–Crippen MR) is 83.7 cm³/mol. The smallest absolute Gasteiger partial charge is 0.127 e. The Hall–Kier alpha value is -0.890. The Kier molecular flexibility index (Phi) is 4.53. The Balaban J connectivity index is 2.19. The maximum absolute atomic E-state index is 14.4. The second-order valence-corrected chi connectivity index (χ2v) is 7.41. The summed E-state index contributed by atoms with van der Waals surface area (Å²) in [6, 6.07) is 3.81. The van der Waals surface area contributed by atoms with E-state index in [1.165, 1.54) is 12.8 Å². The molecule has 1 N–H and O–H groups in total. The van der Waals surface area contributed by atoms with E-state index >= 15 is 0 Å². The Morgan fingerprint density at radius 1 is 1.20 bits per heavy atom. The molecule has 1 aliphatic rings. The van der Waals surface area contributed by atoms with Crippen LogP contribution >= 0.6 is 0 Å². The van der Waals surface area contributed by atoms with Crippen molar-refractivity contribution in [3.8, 4) is 0 Å². The monoisotopic (exact) mass is 277 g/mol. The van der Waals surface area contributed by atoms with Gasteiger partial charge in [0.25, 0.3) is 0 Å². The molecule has 1 saturated carbocycles. The van der Waals surface area contributed by atoms with Crippen molar-refractivity contribution >= 4 is 0 Å². The van der Waals surface area contributed by atoms with Crippen molar-refractivity contribution < 1.29 is 4.39 Å². The summed E-state index contributed by atoms with van der Waals surface area (Å²) >= 11 is 0. The number of halogens is 1. The fourth-order valence-electron chi connectivity index (χ4n) is 3.49. The van der Waals surface area contributed by atoms with Gasteiger partial charge in [-0.25, -0.2) is 4.39 Å². The van der Waals surface area contributed by atoms with Crippen molar-refractivity contribution in [1.82, 2.24) is 5.32 Å². The highest BCUT2D eigenvalue weighted by Crippen LogP contribution is 2.42. The van der Waals surface area contributed by atoms with Crippen molar-refractivity contribution in [3.05, 3.63) is 34.6 Å². The third kappa shape index (κ3) is 3.60. The largest absolute Gasteiger partial charge is 0.312 e. The van der Waals surface area contributed by atoms with E-state index in [9.17, 15) is 4.39 Å². The molecule has 0 radical (unpaired) electrons. The molecule has 0 heterocycles. The molecule has 2 unspecified atom stereocenters. The van der Waals surface area contributed by atoms with Crippen molar-refractivity contribution in [1.29, 1.82) is 0 Å². The molecule has 2 heteroatoms. The molecule has 0 amide bonds. The number of hydrogen-bond acceptors (Lipinski definition) is 1. The minimum absolute atomic E-state index is 0.00448. The van der Waals surface area contributed by atoms with Gasteiger partial charge in [0.05, 0.1) is 0 Å². The Morgan fingerprint density at radius 3 is 2.50 bits per heavy atom. The third-order valence-corrected chi connectivity index (χ3v) is 4.41. The average Bonchev–Trinajstić information content (AvgIpc) is 2.72. The molecule has 112 valence electrons. The molecule has 1 nitrogen and oxygen atoms in total. The standard InChI is InChI=1S/C18H28FN/c1-12-9-13(2)17(16(19)10-12)15-8-6-7-14(15)11-20-18(3,4)5/h9-10,14-15,20H,6-8,11H2,1-5H3. The summed E-state index contributed by atoms with van der Waals surface area (Å²) in [6.07, 6.45) is 3.55. The van der Waals surface area contributed by atoms with E-state index in [-0.39, 0.29) is 11.4 Å². The van der Waals surface area contributed by atoms with Gasteiger partial charge in [-0.15, -0.1) is 0 Å². The van der Waals surface area contributed by atoms with Gasteiger partial charge < -0.3 is 5.32 Å². The first-order valence-corrected chi connectivity index (χ1v) is 7.79. The molecule has 0 bridgehead atoms. The van der Waals surface area contributed by atoms with Crippen molar-refractivity contribution in [3.63, 3.8) is 0 Å². The van der Waals surface area contributed by atoms with Crippen molar-refractivity contribution in [2.45, 2.75) is 65.3 Å². The lowest BCUT2D eigenvalue weighted by atomic mass is 9.85. The van der Waals surface area contributed by atoms with Gasteiger partial charge in [-0.1, -0.05) is 12.5 Å². The van der Waals surface area contributed by atoms with Crippen LogP contribution in [0.25, 0.3) is 0 Å². The molecule has 1 fully saturated rings. The van der Waals surface area contributed by atoms with Crippen LogP contribution in [-0.2, 0) is 0 Å². The maximum Gasteiger partial charge on any atom is 0.127 e. The zero-order valence-corrected chi connectivity index (χ0v) is 13.5. The summed E-state index contributed by atoms with van der Waals surface area (Å²) in [5.41, 5.74) is 3.24. The van der Waals surface area contributed by atoms with Crippen LogP contribution in [0.3, 0.4) is 0 Å². The summed E-state index contributed by atoms with van der Waals surface area (Å²) in [6.45, 7) is 11.6.